The van der Waals surface area contributed by atoms with Crippen LogP contribution < -0.4 is 10.6 Å². The van der Waals surface area contributed by atoms with Crippen molar-refractivity contribution < 1.29 is 0 Å². The second kappa shape index (κ2) is 3.89. The van der Waals surface area contributed by atoms with E-state index < -0.39 is 0 Å². The van der Waals surface area contributed by atoms with Gasteiger partial charge in [0.05, 0.1) is 5.52 Å². The molecule has 17 heavy (non-hydrogen) atoms. The number of fused-ring (bicyclic) bond motifs is 1. The Morgan fingerprint density at radius 3 is 2.71 bits per heavy atom. The third-order valence-electron chi connectivity index (χ3n) is 3.19. The lowest BCUT2D eigenvalue weighted by Crippen LogP contribution is -2.44. The Morgan fingerprint density at radius 2 is 1.94 bits per heavy atom. The van der Waals surface area contributed by atoms with E-state index in [1.807, 2.05) is 12.1 Å². The third-order valence-corrected chi connectivity index (χ3v) is 3.19. The normalized spacial score (nSPS) is 17.8. The van der Waals surface area contributed by atoms with Crippen molar-refractivity contribution in [2.75, 3.05) is 38.1 Å². The van der Waals surface area contributed by atoms with Crippen LogP contribution in [0, 0.1) is 0 Å². The van der Waals surface area contributed by atoms with Gasteiger partial charge in [-0.3, -0.25) is 4.98 Å². The number of H-pyrrole nitrogens is 2. The highest BCUT2D eigenvalue weighted by Gasteiger charge is 2.15. The van der Waals surface area contributed by atoms with E-state index in [4.69, 9.17) is 0 Å². The van der Waals surface area contributed by atoms with E-state index in [0.717, 1.165) is 37.5 Å². The number of piperazine rings is 1. The van der Waals surface area contributed by atoms with Crippen LogP contribution in [-0.2, 0) is 0 Å². The van der Waals surface area contributed by atoms with Crippen LogP contribution in [0.1, 0.15) is 0 Å². The average Bonchev–Trinajstić information content (AvgIpc) is 2.69. The van der Waals surface area contributed by atoms with Gasteiger partial charge in [0.15, 0.2) is 5.65 Å². The molecule has 6 nitrogen and oxygen atoms in total. The quantitative estimate of drug-likeness (QED) is 0.727. The Balaban J connectivity index is 1.92. The van der Waals surface area contributed by atoms with Crippen LogP contribution in [0.3, 0.4) is 0 Å². The van der Waals surface area contributed by atoms with Gasteiger partial charge in [-0.2, -0.15) is 0 Å². The van der Waals surface area contributed by atoms with Gasteiger partial charge in [-0.05, 0) is 19.2 Å². The number of anilines is 1. The van der Waals surface area contributed by atoms with Crippen molar-refractivity contribution in [3.05, 3.63) is 22.6 Å². The van der Waals surface area contributed by atoms with Crippen molar-refractivity contribution in [2.45, 2.75) is 0 Å². The average molecular weight is 233 g/mol. The van der Waals surface area contributed by atoms with Crippen LogP contribution in [0.4, 0.5) is 5.82 Å². The SMILES string of the molecule is CN1CCN(c2ccc3[nH]c(=O)[nH]c3n2)CC1. The Labute approximate surface area is 98.3 Å². The van der Waals surface area contributed by atoms with E-state index in [0.29, 0.717) is 5.65 Å². The molecule has 1 aliphatic heterocycles. The van der Waals surface area contributed by atoms with E-state index in [1.165, 1.54) is 0 Å². The van der Waals surface area contributed by atoms with Crippen molar-refractivity contribution >= 4 is 17.0 Å². The number of hydrogen-bond acceptors (Lipinski definition) is 4. The highest BCUT2D eigenvalue weighted by Crippen LogP contribution is 2.15. The summed E-state index contributed by atoms with van der Waals surface area (Å²) in [5, 5.41) is 0. The highest BCUT2D eigenvalue weighted by atomic mass is 16.1. The summed E-state index contributed by atoms with van der Waals surface area (Å²) < 4.78 is 0. The molecule has 1 saturated heterocycles. The molecule has 2 aromatic rings. The molecule has 0 bridgehead atoms. The summed E-state index contributed by atoms with van der Waals surface area (Å²) in [7, 11) is 2.12. The van der Waals surface area contributed by atoms with Crippen LogP contribution in [0.15, 0.2) is 16.9 Å². The van der Waals surface area contributed by atoms with Crippen LogP contribution in [0.5, 0.6) is 0 Å². The molecule has 2 aromatic heterocycles. The van der Waals surface area contributed by atoms with E-state index in [-0.39, 0.29) is 5.69 Å². The first-order chi connectivity index (χ1) is 8.22. The van der Waals surface area contributed by atoms with Crippen LogP contribution in [0.2, 0.25) is 0 Å². The summed E-state index contributed by atoms with van der Waals surface area (Å²) in [5.41, 5.74) is 1.18. The van der Waals surface area contributed by atoms with Crippen molar-refractivity contribution in [3.8, 4) is 0 Å². The van der Waals surface area contributed by atoms with Crippen molar-refractivity contribution in [3.63, 3.8) is 0 Å². The fourth-order valence-electron chi connectivity index (χ4n) is 2.12. The molecule has 1 fully saturated rings. The summed E-state index contributed by atoms with van der Waals surface area (Å²) in [6.45, 7) is 4.04. The van der Waals surface area contributed by atoms with Crippen molar-refractivity contribution in [1.29, 1.82) is 0 Å². The molecule has 0 radical (unpaired) electrons. The van der Waals surface area contributed by atoms with Gasteiger partial charge < -0.3 is 14.8 Å². The zero-order valence-electron chi connectivity index (χ0n) is 9.73. The van der Waals surface area contributed by atoms with E-state index >= 15 is 0 Å². The predicted octanol–water partition coefficient (Wildman–Crippen LogP) is 0.00300. The monoisotopic (exact) mass is 233 g/mol. The van der Waals surface area contributed by atoms with Gasteiger partial charge in [-0.15, -0.1) is 0 Å². The summed E-state index contributed by atoms with van der Waals surface area (Å²) in [5.74, 6) is 0.931. The summed E-state index contributed by atoms with van der Waals surface area (Å²) in [6.07, 6.45) is 0. The van der Waals surface area contributed by atoms with Crippen LogP contribution >= 0.6 is 0 Å². The fraction of sp³-hybridized carbons (Fsp3) is 0.455. The Kier molecular flexibility index (Phi) is 2.36. The Morgan fingerprint density at radius 1 is 1.18 bits per heavy atom. The molecule has 90 valence electrons. The summed E-state index contributed by atoms with van der Waals surface area (Å²) >= 11 is 0. The topological polar surface area (TPSA) is 68.0 Å². The molecule has 3 heterocycles. The Bertz CT molecular complexity index is 579. The molecule has 6 heteroatoms. The van der Waals surface area contributed by atoms with Crippen molar-refractivity contribution in [1.82, 2.24) is 19.9 Å². The smallest absolute Gasteiger partial charge is 0.325 e. The molecule has 3 rings (SSSR count). The molecule has 0 atom stereocenters. The first kappa shape index (κ1) is 10.3. The first-order valence-electron chi connectivity index (χ1n) is 5.75. The molecular weight excluding hydrogens is 218 g/mol. The molecule has 0 amide bonds. The fourth-order valence-corrected chi connectivity index (χ4v) is 2.12. The molecule has 0 aromatic carbocycles. The number of pyridine rings is 1. The van der Waals surface area contributed by atoms with E-state index in [1.54, 1.807) is 0 Å². The zero-order valence-corrected chi connectivity index (χ0v) is 9.73. The number of rotatable bonds is 1. The molecule has 0 saturated carbocycles. The number of nitrogens with zero attached hydrogens (tertiary/aromatic N) is 3. The highest BCUT2D eigenvalue weighted by molar-refractivity contribution is 5.72. The third kappa shape index (κ3) is 1.91. The van der Waals surface area contributed by atoms with Gasteiger partial charge in [-0.25, -0.2) is 9.78 Å². The lowest BCUT2D eigenvalue weighted by atomic mass is 10.3. The lowest BCUT2D eigenvalue weighted by Gasteiger charge is -2.33. The minimum Gasteiger partial charge on any atom is -0.354 e. The van der Waals surface area contributed by atoms with Gasteiger partial charge in [-0.1, -0.05) is 0 Å². The number of aromatic nitrogens is 3. The number of imidazole rings is 1. The van der Waals surface area contributed by atoms with Gasteiger partial charge >= 0.3 is 5.69 Å². The summed E-state index contributed by atoms with van der Waals surface area (Å²) in [4.78, 5) is 25.5. The maximum atomic E-state index is 11.1. The molecule has 0 aliphatic carbocycles. The number of hydrogen-bond donors (Lipinski definition) is 2. The van der Waals surface area contributed by atoms with Crippen molar-refractivity contribution in [2.24, 2.45) is 0 Å². The van der Waals surface area contributed by atoms with Gasteiger partial charge in [0.2, 0.25) is 0 Å². The second-order valence-electron chi connectivity index (χ2n) is 4.44. The molecule has 0 unspecified atom stereocenters. The predicted molar refractivity (Wildman–Crippen MR) is 66.4 cm³/mol. The number of nitrogens with one attached hydrogen (secondary N) is 2. The number of aromatic amines is 2. The molecule has 2 N–H and O–H groups in total. The van der Waals surface area contributed by atoms with Crippen LogP contribution in [0.25, 0.3) is 11.2 Å². The van der Waals surface area contributed by atoms with Gasteiger partial charge in [0, 0.05) is 26.2 Å². The standard InChI is InChI=1S/C11H15N5O/c1-15-4-6-16(7-5-15)9-3-2-8-10(13-9)14-11(17)12-8/h2-3H,4-7H2,1H3,(H2,12,13,14,17). The molecular formula is C11H15N5O. The van der Waals surface area contributed by atoms with E-state index in [2.05, 4.69) is 31.8 Å². The zero-order chi connectivity index (χ0) is 11.8. The lowest BCUT2D eigenvalue weighted by molar-refractivity contribution is 0.312. The minimum atomic E-state index is -0.206. The largest absolute Gasteiger partial charge is 0.354 e. The first-order valence-corrected chi connectivity index (χ1v) is 5.75. The Hall–Kier alpha value is -1.82. The van der Waals surface area contributed by atoms with Gasteiger partial charge in [0.25, 0.3) is 0 Å². The van der Waals surface area contributed by atoms with Gasteiger partial charge in [0.1, 0.15) is 5.82 Å². The molecule has 0 spiro atoms. The second-order valence-corrected chi connectivity index (χ2v) is 4.44. The maximum Gasteiger partial charge on any atom is 0.325 e. The van der Waals surface area contributed by atoms with E-state index in [9.17, 15) is 4.79 Å². The van der Waals surface area contributed by atoms with Crippen LogP contribution in [-0.4, -0.2) is 53.1 Å². The maximum absolute atomic E-state index is 11.1. The summed E-state index contributed by atoms with van der Waals surface area (Å²) in [6, 6.07) is 3.85. The minimum absolute atomic E-state index is 0.206. The number of likely N-dealkylation sites (N-methyl/N-ethyl adjacent to an activating group) is 1. The molecule has 1 aliphatic rings.